The molecule has 2 rings (SSSR count). The van der Waals surface area contributed by atoms with Crippen molar-refractivity contribution in [2.45, 2.75) is 72.3 Å². The molecule has 1 unspecified atom stereocenters. The van der Waals surface area contributed by atoms with Gasteiger partial charge in [-0.3, -0.25) is 9.67 Å². The first-order valence-corrected chi connectivity index (χ1v) is 10.4. The maximum atomic E-state index is 5.63. The van der Waals surface area contributed by atoms with E-state index in [1.54, 1.807) is 0 Å². The van der Waals surface area contributed by atoms with Gasteiger partial charge in [0.25, 0.3) is 0 Å². The number of aromatic nitrogens is 2. The second-order valence-corrected chi connectivity index (χ2v) is 8.10. The molecular formula is C21H39N5O. The van der Waals surface area contributed by atoms with Crippen molar-refractivity contribution in [3.8, 4) is 0 Å². The SMILES string of the molecule is CCOCCC1(CNC(=NC)NC(C)Cc2c(C)nn(C)c2C)CCCC1. The molecule has 0 aromatic carbocycles. The predicted molar refractivity (Wildman–Crippen MR) is 112 cm³/mol. The summed E-state index contributed by atoms with van der Waals surface area (Å²) in [6.07, 6.45) is 7.31. The molecule has 2 N–H and O–H groups in total. The number of guanidine groups is 1. The van der Waals surface area contributed by atoms with Gasteiger partial charge in [-0.2, -0.15) is 5.10 Å². The van der Waals surface area contributed by atoms with Crippen LogP contribution in [0.15, 0.2) is 4.99 Å². The van der Waals surface area contributed by atoms with Gasteiger partial charge < -0.3 is 15.4 Å². The summed E-state index contributed by atoms with van der Waals surface area (Å²) in [6.45, 7) is 11.1. The molecule has 1 aliphatic rings. The second-order valence-electron chi connectivity index (χ2n) is 8.10. The Morgan fingerprint density at radius 2 is 2.04 bits per heavy atom. The maximum Gasteiger partial charge on any atom is 0.191 e. The van der Waals surface area contributed by atoms with Crippen LogP contribution in [-0.2, 0) is 18.2 Å². The van der Waals surface area contributed by atoms with Crippen LogP contribution in [0.1, 0.15) is 62.9 Å². The quantitative estimate of drug-likeness (QED) is 0.394. The van der Waals surface area contributed by atoms with Crippen molar-refractivity contribution in [2.24, 2.45) is 17.5 Å². The van der Waals surface area contributed by atoms with Crippen molar-refractivity contribution >= 4 is 5.96 Å². The van der Waals surface area contributed by atoms with Gasteiger partial charge in [0.15, 0.2) is 5.96 Å². The molecule has 0 spiro atoms. The normalized spacial score (nSPS) is 17.9. The molecular weight excluding hydrogens is 338 g/mol. The van der Waals surface area contributed by atoms with Crippen LogP contribution in [0.3, 0.4) is 0 Å². The summed E-state index contributed by atoms with van der Waals surface area (Å²) in [7, 11) is 3.86. The van der Waals surface area contributed by atoms with E-state index in [4.69, 9.17) is 4.74 Å². The molecule has 1 atom stereocenters. The molecule has 1 aliphatic carbocycles. The number of hydrogen-bond donors (Lipinski definition) is 2. The first kappa shape index (κ1) is 21.7. The third-order valence-electron chi connectivity index (χ3n) is 6.05. The summed E-state index contributed by atoms with van der Waals surface area (Å²) in [5, 5.41) is 11.7. The predicted octanol–water partition coefficient (Wildman–Crippen LogP) is 3.12. The van der Waals surface area contributed by atoms with Gasteiger partial charge in [0.2, 0.25) is 0 Å². The number of nitrogens with one attached hydrogen (secondary N) is 2. The topological polar surface area (TPSA) is 63.5 Å². The molecule has 0 bridgehead atoms. The van der Waals surface area contributed by atoms with E-state index < -0.39 is 0 Å². The lowest BCUT2D eigenvalue weighted by Gasteiger charge is -2.30. The van der Waals surface area contributed by atoms with Gasteiger partial charge in [0.05, 0.1) is 5.69 Å². The van der Waals surface area contributed by atoms with Gasteiger partial charge in [-0.1, -0.05) is 12.8 Å². The molecule has 1 saturated carbocycles. The van der Waals surface area contributed by atoms with Crippen LogP contribution in [0.25, 0.3) is 0 Å². The highest BCUT2D eigenvalue weighted by molar-refractivity contribution is 5.80. The Bertz CT molecular complexity index is 616. The monoisotopic (exact) mass is 377 g/mol. The fraction of sp³-hybridized carbons (Fsp3) is 0.810. The lowest BCUT2D eigenvalue weighted by molar-refractivity contribution is 0.105. The van der Waals surface area contributed by atoms with E-state index in [-0.39, 0.29) is 0 Å². The molecule has 0 radical (unpaired) electrons. The Morgan fingerprint density at radius 1 is 1.33 bits per heavy atom. The molecule has 0 saturated heterocycles. The molecule has 1 aromatic heterocycles. The fourth-order valence-corrected chi connectivity index (χ4v) is 4.24. The van der Waals surface area contributed by atoms with Crippen molar-refractivity contribution in [3.63, 3.8) is 0 Å². The Kier molecular flexibility index (Phi) is 8.14. The number of aliphatic imine (C=N–C) groups is 1. The summed E-state index contributed by atoms with van der Waals surface area (Å²) in [5.41, 5.74) is 4.04. The third-order valence-corrected chi connectivity index (χ3v) is 6.05. The molecule has 0 amide bonds. The highest BCUT2D eigenvalue weighted by atomic mass is 16.5. The number of hydrogen-bond acceptors (Lipinski definition) is 3. The van der Waals surface area contributed by atoms with Crippen molar-refractivity contribution in [3.05, 3.63) is 17.0 Å². The van der Waals surface area contributed by atoms with Gasteiger partial charge in [-0.05, 0) is 64.4 Å². The fourth-order valence-electron chi connectivity index (χ4n) is 4.24. The van der Waals surface area contributed by atoms with Crippen LogP contribution < -0.4 is 10.6 Å². The first-order chi connectivity index (χ1) is 12.9. The average Bonchev–Trinajstić information content (AvgIpc) is 3.20. The van der Waals surface area contributed by atoms with Crippen LogP contribution >= 0.6 is 0 Å². The van der Waals surface area contributed by atoms with Gasteiger partial charge >= 0.3 is 0 Å². The van der Waals surface area contributed by atoms with E-state index in [0.717, 1.165) is 44.3 Å². The minimum Gasteiger partial charge on any atom is -0.382 e. The molecule has 1 fully saturated rings. The average molecular weight is 378 g/mol. The van der Waals surface area contributed by atoms with E-state index in [2.05, 4.69) is 48.4 Å². The Morgan fingerprint density at radius 3 is 2.59 bits per heavy atom. The Hall–Kier alpha value is -1.56. The van der Waals surface area contributed by atoms with E-state index in [9.17, 15) is 0 Å². The zero-order chi connectivity index (χ0) is 19.9. The lowest BCUT2D eigenvalue weighted by atomic mass is 9.83. The molecule has 6 heteroatoms. The Balaban J connectivity index is 1.88. The van der Waals surface area contributed by atoms with Gasteiger partial charge in [0.1, 0.15) is 0 Å². The second kappa shape index (κ2) is 10.1. The van der Waals surface area contributed by atoms with Crippen molar-refractivity contribution in [1.82, 2.24) is 20.4 Å². The maximum absolute atomic E-state index is 5.63. The van der Waals surface area contributed by atoms with E-state index in [1.165, 1.54) is 36.9 Å². The number of nitrogens with zero attached hydrogens (tertiary/aromatic N) is 3. The molecule has 1 aromatic rings. The summed E-state index contributed by atoms with van der Waals surface area (Å²) in [6, 6.07) is 0.292. The van der Waals surface area contributed by atoms with Crippen molar-refractivity contribution in [1.29, 1.82) is 0 Å². The Labute approximate surface area is 165 Å². The van der Waals surface area contributed by atoms with Gasteiger partial charge in [-0.15, -0.1) is 0 Å². The standard InChI is InChI=1S/C21H39N5O/c1-7-27-13-12-21(10-8-9-11-21)15-23-20(22-5)24-16(2)14-19-17(3)25-26(6)18(19)4/h16H,7-15H2,1-6H3,(H2,22,23,24). The highest BCUT2D eigenvalue weighted by Crippen LogP contribution is 2.40. The van der Waals surface area contributed by atoms with E-state index in [0.29, 0.717) is 11.5 Å². The van der Waals surface area contributed by atoms with E-state index in [1.807, 2.05) is 18.8 Å². The zero-order valence-corrected chi connectivity index (χ0v) is 18.2. The van der Waals surface area contributed by atoms with Gasteiger partial charge in [0, 0.05) is 45.6 Å². The minimum absolute atomic E-state index is 0.292. The van der Waals surface area contributed by atoms with Crippen molar-refractivity contribution in [2.75, 3.05) is 26.8 Å². The largest absolute Gasteiger partial charge is 0.382 e. The van der Waals surface area contributed by atoms with Crippen LogP contribution in [0.4, 0.5) is 0 Å². The van der Waals surface area contributed by atoms with Crippen LogP contribution in [0.2, 0.25) is 0 Å². The highest BCUT2D eigenvalue weighted by Gasteiger charge is 2.33. The molecule has 154 valence electrons. The summed E-state index contributed by atoms with van der Waals surface area (Å²) < 4.78 is 7.59. The number of rotatable bonds is 9. The molecule has 0 aliphatic heterocycles. The summed E-state index contributed by atoms with van der Waals surface area (Å²) in [5.74, 6) is 0.893. The van der Waals surface area contributed by atoms with Gasteiger partial charge in [-0.25, -0.2) is 0 Å². The minimum atomic E-state index is 0.292. The van der Waals surface area contributed by atoms with E-state index >= 15 is 0 Å². The zero-order valence-electron chi connectivity index (χ0n) is 18.2. The smallest absolute Gasteiger partial charge is 0.191 e. The molecule has 6 nitrogen and oxygen atoms in total. The van der Waals surface area contributed by atoms with Crippen LogP contribution in [0, 0.1) is 19.3 Å². The number of ether oxygens (including phenoxy) is 1. The summed E-state index contributed by atoms with van der Waals surface area (Å²) >= 11 is 0. The van der Waals surface area contributed by atoms with Crippen LogP contribution in [0.5, 0.6) is 0 Å². The van der Waals surface area contributed by atoms with Crippen LogP contribution in [-0.4, -0.2) is 48.6 Å². The van der Waals surface area contributed by atoms with Crippen molar-refractivity contribution < 1.29 is 4.74 Å². The number of aryl methyl sites for hydroxylation is 2. The summed E-state index contributed by atoms with van der Waals surface area (Å²) in [4.78, 5) is 4.45. The third kappa shape index (κ3) is 5.96. The lowest BCUT2D eigenvalue weighted by Crippen LogP contribution is -2.46. The first-order valence-electron chi connectivity index (χ1n) is 10.4. The molecule has 27 heavy (non-hydrogen) atoms. The molecule has 1 heterocycles.